The predicted octanol–water partition coefficient (Wildman–Crippen LogP) is 1.15. The summed E-state index contributed by atoms with van der Waals surface area (Å²) in [6.07, 6.45) is 2.42. The van der Waals surface area contributed by atoms with Crippen molar-refractivity contribution in [1.29, 1.82) is 0 Å². The van der Waals surface area contributed by atoms with Gasteiger partial charge in [0.25, 0.3) is 5.91 Å². The number of carbonyl (C=O) groups excluding carboxylic acids is 2. The largest absolute Gasteiger partial charge is 0.397 e. The molecule has 0 saturated heterocycles. The molecule has 0 unspecified atom stereocenters. The Balaban J connectivity index is 1.56. The van der Waals surface area contributed by atoms with E-state index in [1.807, 2.05) is 12.1 Å². The summed E-state index contributed by atoms with van der Waals surface area (Å²) in [7, 11) is 0. The SMILES string of the molecule is Nc1cccc2cc(C(=O)NCCC(=O)NC3CC3)[nH]c12. The maximum absolute atomic E-state index is 12.0. The lowest BCUT2D eigenvalue weighted by atomic mass is 10.2. The summed E-state index contributed by atoms with van der Waals surface area (Å²) < 4.78 is 0. The molecule has 110 valence electrons. The van der Waals surface area contributed by atoms with E-state index < -0.39 is 0 Å². The molecule has 0 radical (unpaired) electrons. The fraction of sp³-hybridized carbons (Fsp3) is 0.333. The van der Waals surface area contributed by atoms with Crippen LogP contribution in [-0.4, -0.2) is 29.4 Å². The molecule has 6 nitrogen and oxygen atoms in total. The van der Waals surface area contributed by atoms with E-state index in [1.54, 1.807) is 12.1 Å². The number of nitrogens with two attached hydrogens (primary N) is 1. The second kappa shape index (κ2) is 5.47. The number of nitrogen functional groups attached to an aromatic ring is 1. The van der Waals surface area contributed by atoms with E-state index in [9.17, 15) is 9.59 Å². The summed E-state index contributed by atoms with van der Waals surface area (Å²) >= 11 is 0. The third-order valence-electron chi connectivity index (χ3n) is 3.51. The lowest BCUT2D eigenvalue weighted by Crippen LogP contribution is -2.31. The van der Waals surface area contributed by atoms with Crippen LogP contribution in [0.25, 0.3) is 10.9 Å². The normalized spacial score (nSPS) is 14.1. The first-order chi connectivity index (χ1) is 10.1. The Morgan fingerprint density at radius 2 is 2.14 bits per heavy atom. The lowest BCUT2D eigenvalue weighted by molar-refractivity contribution is -0.121. The summed E-state index contributed by atoms with van der Waals surface area (Å²) in [5.74, 6) is -0.247. The minimum atomic E-state index is -0.232. The molecule has 2 amide bonds. The molecule has 1 aliphatic rings. The smallest absolute Gasteiger partial charge is 0.267 e. The number of aromatic nitrogens is 1. The summed E-state index contributed by atoms with van der Waals surface area (Å²) in [6.45, 7) is 0.322. The summed E-state index contributed by atoms with van der Waals surface area (Å²) in [4.78, 5) is 26.5. The molecule has 0 aliphatic heterocycles. The van der Waals surface area contributed by atoms with Gasteiger partial charge in [-0.15, -0.1) is 0 Å². The summed E-state index contributed by atoms with van der Waals surface area (Å²) in [6, 6.07) is 7.62. The number of aromatic amines is 1. The molecule has 5 N–H and O–H groups in total. The minimum absolute atomic E-state index is 0.0151. The van der Waals surface area contributed by atoms with Crippen LogP contribution in [0.5, 0.6) is 0 Å². The molecule has 0 bridgehead atoms. The van der Waals surface area contributed by atoms with Gasteiger partial charge >= 0.3 is 0 Å². The molecular weight excluding hydrogens is 268 g/mol. The van der Waals surface area contributed by atoms with Gasteiger partial charge < -0.3 is 21.4 Å². The highest BCUT2D eigenvalue weighted by Gasteiger charge is 2.22. The number of rotatable bonds is 5. The molecule has 1 aliphatic carbocycles. The quantitative estimate of drug-likeness (QED) is 0.620. The zero-order valence-electron chi connectivity index (χ0n) is 11.6. The second-order valence-electron chi connectivity index (χ2n) is 5.34. The number of carbonyl (C=O) groups is 2. The van der Waals surface area contributed by atoms with Crippen molar-refractivity contribution in [3.63, 3.8) is 0 Å². The lowest BCUT2D eigenvalue weighted by Gasteiger charge is -2.04. The van der Waals surface area contributed by atoms with Crippen molar-refractivity contribution in [1.82, 2.24) is 15.6 Å². The molecule has 1 fully saturated rings. The van der Waals surface area contributed by atoms with E-state index in [0.717, 1.165) is 23.7 Å². The van der Waals surface area contributed by atoms with E-state index in [1.165, 1.54) is 0 Å². The molecule has 0 atom stereocenters. The molecule has 3 rings (SSSR count). The predicted molar refractivity (Wildman–Crippen MR) is 80.8 cm³/mol. The first-order valence-corrected chi connectivity index (χ1v) is 7.08. The standard InChI is InChI=1S/C15H18N4O2/c16-11-3-1-2-9-8-12(19-14(9)11)15(21)17-7-6-13(20)18-10-4-5-10/h1-3,8,10,19H,4-7,16H2,(H,17,21)(H,18,20). The Morgan fingerprint density at radius 1 is 1.33 bits per heavy atom. The van der Waals surface area contributed by atoms with Crippen LogP contribution in [0.3, 0.4) is 0 Å². The number of nitrogens with one attached hydrogen (secondary N) is 3. The summed E-state index contributed by atoms with van der Waals surface area (Å²) in [5, 5.41) is 6.51. The number of H-pyrrole nitrogens is 1. The Morgan fingerprint density at radius 3 is 2.86 bits per heavy atom. The Hall–Kier alpha value is -2.50. The van der Waals surface area contributed by atoms with Gasteiger partial charge in [-0.3, -0.25) is 9.59 Å². The highest BCUT2D eigenvalue weighted by Crippen LogP contribution is 2.21. The maximum Gasteiger partial charge on any atom is 0.267 e. The van der Waals surface area contributed by atoms with Crippen LogP contribution in [0, 0.1) is 0 Å². The monoisotopic (exact) mass is 286 g/mol. The van der Waals surface area contributed by atoms with Gasteiger partial charge in [0, 0.05) is 24.4 Å². The number of amides is 2. The molecule has 6 heteroatoms. The highest BCUT2D eigenvalue weighted by atomic mass is 16.2. The number of fused-ring (bicyclic) bond motifs is 1. The maximum atomic E-state index is 12.0. The van der Waals surface area contributed by atoms with E-state index in [2.05, 4.69) is 15.6 Å². The Bertz CT molecular complexity index is 688. The molecular formula is C15H18N4O2. The van der Waals surface area contributed by atoms with Gasteiger partial charge in [0.1, 0.15) is 5.69 Å². The number of para-hydroxylation sites is 1. The first-order valence-electron chi connectivity index (χ1n) is 7.08. The van der Waals surface area contributed by atoms with Crippen LogP contribution in [-0.2, 0) is 4.79 Å². The Kier molecular flexibility index (Phi) is 3.51. The topological polar surface area (TPSA) is 100 Å². The van der Waals surface area contributed by atoms with Crippen molar-refractivity contribution >= 4 is 28.4 Å². The highest BCUT2D eigenvalue weighted by molar-refractivity contribution is 6.00. The van der Waals surface area contributed by atoms with Gasteiger partial charge in [-0.25, -0.2) is 0 Å². The van der Waals surface area contributed by atoms with E-state index >= 15 is 0 Å². The van der Waals surface area contributed by atoms with Gasteiger partial charge in [0.2, 0.25) is 5.91 Å². The van der Waals surface area contributed by atoms with Crippen molar-refractivity contribution in [2.75, 3.05) is 12.3 Å². The van der Waals surface area contributed by atoms with Crippen LogP contribution in [0.2, 0.25) is 0 Å². The molecule has 2 aromatic rings. The van der Waals surface area contributed by atoms with Crippen LogP contribution in [0.4, 0.5) is 5.69 Å². The zero-order chi connectivity index (χ0) is 14.8. The van der Waals surface area contributed by atoms with Crippen LogP contribution < -0.4 is 16.4 Å². The first kappa shape index (κ1) is 13.5. The van der Waals surface area contributed by atoms with Crippen molar-refractivity contribution in [2.24, 2.45) is 0 Å². The molecule has 1 aromatic heterocycles. The molecule has 1 saturated carbocycles. The number of anilines is 1. The van der Waals surface area contributed by atoms with Crippen molar-refractivity contribution in [3.8, 4) is 0 Å². The van der Waals surface area contributed by atoms with E-state index in [0.29, 0.717) is 30.4 Å². The van der Waals surface area contributed by atoms with Gasteiger partial charge in [-0.2, -0.15) is 0 Å². The zero-order valence-corrected chi connectivity index (χ0v) is 11.6. The second-order valence-corrected chi connectivity index (χ2v) is 5.34. The number of hydrogen-bond acceptors (Lipinski definition) is 3. The van der Waals surface area contributed by atoms with Crippen molar-refractivity contribution < 1.29 is 9.59 Å². The Labute approximate surface area is 122 Å². The van der Waals surface area contributed by atoms with Gasteiger partial charge in [-0.05, 0) is 25.0 Å². The average Bonchev–Trinajstić information content (AvgIpc) is 3.14. The number of hydrogen-bond donors (Lipinski definition) is 4. The third kappa shape index (κ3) is 3.16. The number of benzene rings is 1. The summed E-state index contributed by atoms with van der Waals surface area (Å²) in [5.41, 5.74) is 7.66. The van der Waals surface area contributed by atoms with E-state index in [4.69, 9.17) is 5.73 Å². The van der Waals surface area contributed by atoms with Crippen molar-refractivity contribution in [3.05, 3.63) is 30.0 Å². The van der Waals surface area contributed by atoms with E-state index in [-0.39, 0.29) is 11.8 Å². The fourth-order valence-corrected chi connectivity index (χ4v) is 2.21. The average molecular weight is 286 g/mol. The third-order valence-corrected chi connectivity index (χ3v) is 3.51. The minimum Gasteiger partial charge on any atom is -0.397 e. The van der Waals surface area contributed by atoms with Gasteiger partial charge in [0.15, 0.2) is 0 Å². The molecule has 1 heterocycles. The fourth-order valence-electron chi connectivity index (χ4n) is 2.21. The van der Waals surface area contributed by atoms with Crippen molar-refractivity contribution in [2.45, 2.75) is 25.3 Å². The van der Waals surface area contributed by atoms with Crippen LogP contribution >= 0.6 is 0 Å². The van der Waals surface area contributed by atoms with Crippen LogP contribution in [0.1, 0.15) is 29.8 Å². The molecule has 1 aromatic carbocycles. The van der Waals surface area contributed by atoms with Crippen LogP contribution in [0.15, 0.2) is 24.3 Å². The van der Waals surface area contributed by atoms with Gasteiger partial charge in [0.05, 0.1) is 11.2 Å². The molecule has 21 heavy (non-hydrogen) atoms. The molecule has 0 spiro atoms. The van der Waals surface area contributed by atoms with Gasteiger partial charge in [-0.1, -0.05) is 12.1 Å².